The molecule has 2 aromatic rings. The molecule has 2 rings (SSSR count). The number of carbonyl (C=O) groups excluding carboxylic acids is 1. The maximum atomic E-state index is 12.1. The lowest BCUT2D eigenvalue weighted by molar-refractivity contribution is -0.126. The van der Waals surface area contributed by atoms with Crippen LogP contribution in [0.15, 0.2) is 39.1 Å². The van der Waals surface area contributed by atoms with Gasteiger partial charge in [-0.3, -0.25) is 9.78 Å². The highest BCUT2D eigenvalue weighted by molar-refractivity contribution is 8.01. The van der Waals surface area contributed by atoms with E-state index in [0.717, 1.165) is 9.24 Å². The lowest BCUT2D eigenvalue weighted by Crippen LogP contribution is -2.54. The van der Waals surface area contributed by atoms with Gasteiger partial charge in [0.25, 0.3) is 0 Å². The normalized spacial score (nSPS) is 11.0. The summed E-state index contributed by atoms with van der Waals surface area (Å²) in [6, 6.07) is 3.72. The molecule has 0 atom stereocenters. The second-order valence-corrected chi connectivity index (χ2v) is 7.27. The first kappa shape index (κ1) is 17.2. The van der Waals surface area contributed by atoms with Crippen LogP contribution in [0.25, 0.3) is 0 Å². The Morgan fingerprint density at radius 1 is 1.35 bits per heavy atom. The third kappa shape index (κ3) is 4.93. The maximum absolute atomic E-state index is 12.1. The molecule has 2 heterocycles. The highest BCUT2D eigenvalue weighted by Crippen LogP contribution is 2.30. The number of carbonyl (C=O) groups is 2. The largest absolute Gasteiger partial charge is 0.465 e. The number of amides is 2. The quantitative estimate of drug-likeness (QED) is 0.737. The van der Waals surface area contributed by atoms with E-state index in [-0.39, 0.29) is 6.54 Å². The fraction of sp³-hybridized carbons (Fsp3) is 0.286. The molecule has 9 heteroatoms. The molecule has 0 aliphatic carbocycles. The first-order valence-corrected chi connectivity index (χ1v) is 8.39. The molecule has 0 aliphatic heterocycles. The van der Waals surface area contributed by atoms with E-state index in [4.69, 9.17) is 5.11 Å². The van der Waals surface area contributed by atoms with E-state index in [0.29, 0.717) is 5.69 Å². The minimum absolute atomic E-state index is 0.206. The monoisotopic (exact) mass is 352 g/mol. The number of hydrogen-bond acceptors (Lipinski definition) is 6. The van der Waals surface area contributed by atoms with Crippen molar-refractivity contribution in [1.82, 2.24) is 20.6 Å². The Morgan fingerprint density at radius 2 is 2.13 bits per heavy atom. The van der Waals surface area contributed by atoms with Crippen molar-refractivity contribution in [3.8, 4) is 0 Å². The number of nitrogens with zero attached hydrogens (tertiary/aromatic N) is 2. The van der Waals surface area contributed by atoms with E-state index in [9.17, 15) is 9.59 Å². The zero-order valence-corrected chi connectivity index (χ0v) is 14.2. The molecule has 0 radical (unpaired) electrons. The average Bonchev–Trinajstić information content (AvgIpc) is 2.97. The minimum atomic E-state index is -1.25. The first-order valence-electron chi connectivity index (χ1n) is 6.69. The number of pyridine rings is 1. The van der Waals surface area contributed by atoms with Gasteiger partial charge in [0.15, 0.2) is 4.34 Å². The molecule has 0 spiro atoms. The summed E-state index contributed by atoms with van der Waals surface area (Å²) < 4.78 is 0.887. The standard InChI is InChI=1S/C14H16N4O3S2/c1-14(2,18-12(20)21)11(19)17-8-9-10(4-3-5-15-9)23-13-16-6-7-22-13/h3-7,18H,8H2,1-2H3,(H,17,19)(H,20,21). The van der Waals surface area contributed by atoms with Crippen molar-refractivity contribution in [3.05, 3.63) is 35.6 Å². The van der Waals surface area contributed by atoms with Gasteiger partial charge in [0.2, 0.25) is 5.91 Å². The summed E-state index contributed by atoms with van der Waals surface area (Å²) in [6.45, 7) is 3.21. The number of aromatic nitrogens is 2. The highest BCUT2D eigenvalue weighted by atomic mass is 32.2. The molecule has 0 fully saturated rings. The fourth-order valence-corrected chi connectivity index (χ4v) is 3.39. The van der Waals surface area contributed by atoms with Crippen molar-refractivity contribution in [3.63, 3.8) is 0 Å². The van der Waals surface area contributed by atoms with Gasteiger partial charge in [-0.2, -0.15) is 0 Å². The zero-order chi connectivity index (χ0) is 16.9. The Kier molecular flexibility index (Phi) is 5.56. The number of carboxylic acid groups (broad SMARTS) is 1. The number of hydrogen-bond donors (Lipinski definition) is 3. The summed E-state index contributed by atoms with van der Waals surface area (Å²) in [7, 11) is 0. The molecule has 0 aliphatic rings. The molecule has 0 saturated heterocycles. The molecule has 0 aromatic carbocycles. The molecule has 3 N–H and O–H groups in total. The first-order chi connectivity index (χ1) is 10.9. The van der Waals surface area contributed by atoms with E-state index >= 15 is 0 Å². The topological polar surface area (TPSA) is 104 Å². The van der Waals surface area contributed by atoms with Crippen LogP contribution in [0, 0.1) is 0 Å². The number of thiazole rings is 1. The maximum Gasteiger partial charge on any atom is 0.405 e. The smallest absolute Gasteiger partial charge is 0.405 e. The molecule has 0 bridgehead atoms. The van der Waals surface area contributed by atoms with Crippen LogP contribution in [-0.2, 0) is 11.3 Å². The van der Waals surface area contributed by atoms with E-state index in [1.165, 1.54) is 36.9 Å². The molecule has 23 heavy (non-hydrogen) atoms. The Morgan fingerprint density at radius 3 is 2.78 bits per heavy atom. The van der Waals surface area contributed by atoms with Crippen LogP contribution < -0.4 is 10.6 Å². The van der Waals surface area contributed by atoms with Gasteiger partial charge in [-0.05, 0) is 26.0 Å². The van der Waals surface area contributed by atoms with Gasteiger partial charge in [0, 0.05) is 22.7 Å². The van der Waals surface area contributed by atoms with Crippen molar-refractivity contribution >= 4 is 35.1 Å². The van der Waals surface area contributed by atoms with Crippen LogP contribution in [0.2, 0.25) is 0 Å². The molecule has 0 unspecified atom stereocenters. The highest BCUT2D eigenvalue weighted by Gasteiger charge is 2.29. The summed E-state index contributed by atoms with van der Waals surface area (Å²) in [4.78, 5) is 32.2. The van der Waals surface area contributed by atoms with Gasteiger partial charge < -0.3 is 15.7 Å². The number of rotatable bonds is 6. The van der Waals surface area contributed by atoms with Crippen LogP contribution in [-0.4, -0.2) is 32.6 Å². The lowest BCUT2D eigenvalue weighted by atomic mass is 10.1. The van der Waals surface area contributed by atoms with Gasteiger partial charge in [0.05, 0.1) is 12.2 Å². The second-order valence-electron chi connectivity index (χ2n) is 5.09. The second kappa shape index (κ2) is 7.42. The van der Waals surface area contributed by atoms with Crippen LogP contribution in [0.4, 0.5) is 4.79 Å². The number of nitrogens with one attached hydrogen (secondary N) is 2. The Labute approximate surface area is 141 Å². The molecular weight excluding hydrogens is 336 g/mol. The molecule has 0 saturated carbocycles. The third-order valence-electron chi connectivity index (χ3n) is 2.86. The van der Waals surface area contributed by atoms with Crippen molar-refractivity contribution in [1.29, 1.82) is 0 Å². The van der Waals surface area contributed by atoms with Crippen molar-refractivity contribution in [2.75, 3.05) is 0 Å². The molecular formula is C14H16N4O3S2. The van der Waals surface area contributed by atoms with Gasteiger partial charge in [-0.15, -0.1) is 11.3 Å². The summed E-state index contributed by atoms with van der Waals surface area (Å²) in [5.74, 6) is -0.421. The Balaban J connectivity index is 2.03. The van der Waals surface area contributed by atoms with E-state index in [2.05, 4.69) is 20.6 Å². The van der Waals surface area contributed by atoms with Crippen LogP contribution >= 0.6 is 23.1 Å². The summed E-state index contributed by atoms with van der Waals surface area (Å²) in [6.07, 6.45) is 2.13. The Hall–Kier alpha value is -2.13. The molecule has 2 amide bonds. The van der Waals surface area contributed by atoms with Gasteiger partial charge in [-0.25, -0.2) is 9.78 Å². The van der Waals surface area contributed by atoms with Crippen molar-refractivity contribution in [2.24, 2.45) is 0 Å². The van der Waals surface area contributed by atoms with E-state index in [1.807, 2.05) is 17.5 Å². The van der Waals surface area contributed by atoms with Gasteiger partial charge >= 0.3 is 6.09 Å². The summed E-state index contributed by atoms with van der Waals surface area (Å²) in [5.41, 5.74) is -0.518. The SMILES string of the molecule is CC(C)(NC(=O)O)C(=O)NCc1ncccc1Sc1nccs1. The minimum Gasteiger partial charge on any atom is -0.465 e. The van der Waals surface area contributed by atoms with Crippen molar-refractivity contribution < 1.29 is 14.7 Å². The van der Waals surface area contributed by atoms with Crippen LogP contribution in [0.1, 0.15) is 19.5 Å². The predicted molar refractivity (Wildman–Crippen MR) is 87.6 cm³/mol. The lowest BCUT2D eigenvalue weighted by Gasteiger charge is -2.23. The van der Waals surface area contributed by atoms with E-state index in [1.54, 1.807) is 12.4 Å². The van der Waals surface area contributed by atoms with Gasteiger partial charge in [-0.1, -0.05) is 11.8 Å². The van der Waals surface area contributed by atoms with E-state index < -0.39 is 17.5 Å². The third-order valence-corrected chi connectivity index (χ3v) is 4.83. The van der Waals surface area contributed by atoms with Gasteiger partial charge in [0.1, 0.15) is 5.54 Å². The zero-order valence-electron chi connectivity index (χ0n) is 12.6. The molecule has 122 valence electrons. The average molecular weight is 352 g/mol. The van der Waals surface area contributed by atoms with Crippen LogP contribution in [0.3, 0.4) is 0 Å². The molecule has 2 aromatic heterocycles. The van der Waals surface area contributed by atoms with Crippen molar-refractivity contribution in [2.45, 2.75) is 35.2 Å². The fourth-order valence-electron chi connectivity index (χ4n) is 1.71. The molecule has 7 nitrogen and oxygen atoms in total. The Bertz CT molecular complexity index is 689. The predicted octanol–water partition coefficient (Wildman–Crippen LogP) is 2.35. The van der Waals surface area contributed by atoms with Crippen LogP contribution in [0.5, 0.6) is 0 Å². The summed E-state index contributed by atoms with van der Waals surface area (Å²) in [5, 5.41) is 15.5. The summed E-state index contributed by atoms with van der Waals surface area (Å²) >= 11 is 3.00.